The number of benzene rings is 1. The molecule has 128 valence electrons. The summed E-state index contributed by atoms with van der Waals surface area (Å²) < 4.78 is 38.9. The lowest BCUT2D eigenvalue weighted by Gasteiger charge is -2.14. The number of aromatic amines is 1. The van der Waals surface area contributed by atoms with Gasteiger partial charge >= 0.3 is 6.18 Å². The fraction of sp³-hybridized carbons (Fsp3) is 0.214. The van der Waals surface area contributed by atoms with Crippen LogP contribution in [0.5, 0.6) is 0 Å². The van der Waals surface area contributed by atoms with Crippen LogP contribution in [0.15, 0.2) is 34.2 Å². The van der Waals surface area contributed by atoms with Crippen LogP contribution in [0.25, 0.3) is 0 Å². The van der Waals surface area contributed by atoms with Gasteiger partial charge in [-0.1, -0.05) is 23.4 Å². The molecular formula is C14H11ClF3N3O2S. The highest BCUT2D eigenvalue weighted by Crippen LogP contribution is 2.36. The molecule has 5 nitrogen and oxygen atoms in total. The summed E-state index contributed by atoms with van der Waals surface area (Å²) in [5.74, 6) is -0.885. The van der Waals surface area contributed by atoms with Crippen molar-refractivity contribution in [2.75, 3.05) is 11.1 Å². The lowest BCUT2D eigenvalue weighted by molar-refractivity contribution is -0.137. The molecule has 24 heavy (non-hydrogen) atoms. The summed E-state index contributed by atoms with van der Waals surface area (Å²) in [7, 11) is 0. The average molecular weight is 378 g/mol. The van der Waals surface area contributed by atoms with Gasteiger partial charge in [-0.2, -0.15) is 13.2 Å². The van der Waals surface area contributed by atoms with E-state index in [0.717, 1.165) is 23.9 Å². The number of amides is 1. The number of rotatable bonds is 4. The Morgan fingerprint density at radius 3 is 2.71 bits per heavy atom. The van der Waals surface area contributed by atoms with Crippen LogP contribution < -0.4 is 10.9 Å². The number of thioether (sulfide) groups is 1. The molecule has 0 aliphatic heterocycles. The highest BCUT2D eigenvalue weighted by molar-refractivity contribution is 7.99. The van der Waals surface area contributed by atoms with Gasteiger partial charge in [0.2, 0.25) is 5.91 Å². The Morgan fingerprint density at radius 2 is 2.08 bits per heavy atom. The molecule has 0 atom stereocenters. The SMILES string of the molecule is Cc1cc(=O)[nH]c(SCC(=O)Nc2ccc(Cl)cc2C(F)(F)F)n1. The van der Waals surface area contributed by atoms with E-state index in [9.17, 15) is 22.8 Å². The summed E-state index contributed by atoms with van der Waals surface area (Å²) in [4.78, 5) is 29.6. The van der Waals surface area contributed by atoms with Gasteiger partial charge < -0.3 is 10.3 Å². The summed E-state index contributed by atoms with van der Waals surface area (Å²) in [6.45, 7) is 1.61. The molecule has 2 N–H and O–H groups in total. The Morgan fingerprint density at radius 1 is 1.38 bits per heavy atom. The van der Waals surface area contributed by atoms with E-state index < -0.39 is 17.6 Å². The van der Waals surface area contributed by atoms with Gasteiger partial charge in [-0.15, -0.1) is 0 Å². The minimum absolute atomic E-state index is 0.0868. The van der Waals surface area contributed by atoms with E-state index in [-0.39, 0.29) is 27.2 Å². The van der Waals surface area contributed by atoms with Crippen LogP contribution in [-0.2, 0) is 11.0 Å². The molecule has 0 radical (unpaired) electrons. The third-order valence-electron chi connectivity index (χ3n) is 2.75. The minimum Gasteiger partial charge on any atom is -0.325 e. The number of nitrogens with one attached hydrogen (secondary N) is 2. The van der Waals surface area contributed by atoms with Gasteiger partial charge in [0, 0.05) is 16.8 Å². The molecule has 0 saturated heterocycles. The molecule has 10 heteroatoms. The highest BCUT2D eigenvalue weighted by atomic mass is 35.5. The molecule has 1 aromatic heterocycles. The van der Waals surface area contributed by atoms with Gasteiger partial charge in [0.05, 0.1) is 17.0 Å². The maximum atomic E-state index is 13.0. The standard InChI is InChI=1S/C14H11ClF3N3O2S/c1-7-4-11(22)21-13(19-7)24-6-12(23)20-10-3-2-8(15)5-9(10)14(16,17)18/h2-5H,6H2,1H3,(H,20,23)(H,19,21,22). The second kappa shape index (κ2) is 7.27. The van der Waals surface area contributed by atoms with Gasteiger partial charge in [-0.05, 0) is 25.1 Å². The molecule has 0 saturated carbocycles. The average Bonchev–Trinajstić information content (AvgIpc) is 2.45. The van der Waals surface area contributed by atoms with Crippen molar-refractivity contribution in [3.8, 4) is 0 Å². The van der Waals surface area contributed by atoms with Crippen LogP contribution in [0.4, 0.5) is 18.9 Å². The summed E-state index contributed by atoms with van der Waals surface area (Å²) in [6.07, 6.45) is -4.65. The van der Waals surface area contributed by atoms with E-state index in [1.165, 1.54) is 12.1 Å². The number of carbonyl (C=O) groups excluding carboxylic acids is 1. The number of hydrogen-bond donors (Lipinski definition) is 2. The topological polar surface area (TPSA) is 74.8 Å². The second-order valence-corrected chi connectivity index (χ2v) is 6.12. The zero-order valence-electron chi connectivity index (χ0n) is 12.2. The fourth-order valence-electron chi connectivity index (χ4n) is 1.80. The van der Waals surface area contributed by atoms with Crippen LogP contribution in [0, 0.1) is 6.92 Å². The van der Waals surface area contributed by atoms with E-state index >= 15 is 0 Å². The number of carbonyl (C=O) groups is 1. The summed E-state index contributed by atoms with van der Waals surface area (Å²) in [5.41, 5.74) is -1.32. The van der Waals surface area contributed by atoms with Gasteiger partial charge in [0.25, 0.3) is 5.56 Å². The summed E-state index contributed by atoms with van der Waals surface area (Å²) >= 11 is 6.48. The Hall–Kier alpha value is -2.00. The van der Waals surface area contributed by atoms with Gasteiger partial charge in [0.1, 0.15) is 0 Å². The van der Waals surface area contributed by atoms with Crippen molar-refractivity contribution >= 4 is 35.0 Å². The fourth-order valence-corrected chi connectivity index (χ4v) is 2.69. The molecule has 1 aromatic carbocycles. The van der Waals surface area contributed by atoms with Crippen molar-refractivity contribution in [2.45, 2.75) is 18.3 Å². The summed E-state index contributed by atoms with van der Waals surface area (Å²) in [5, 5.41) is 2.31. The molecule has 0 unspecified atom stereocenters. The number of aromatic nitrogens is 2. The zero-order chi connectivity index (χ0) is 17.9. The smallest absolute Gasteiger partial charge is 0.325 e. The number of halogens is 4. The maximum Gasteiger partial charge on any atom is 0.418 e. The summed E-state index contributed by atoms with van der Waals surface area (Å²) in [6, 6.07) is 4.36. The Labute approximate surface area is 143 Å². The molecule has 2 aromatic rings. The molecule has 0 fully saturated rings. The van der Waals surface area contributed by atoms with Gasteiger partial charge in [0.15, 0.2) is 5.16 Å². The van der Waals surface area contributed by atoms with Gasteiger partial charge in [-0.25, -0.2) is 4.98 Å². The lowest BCUT2D eigenvalue weighted by atomic mass is 10.1. The third-order valence-corrected chi connectivity index (χ3v) is 3.86. The number of nitrogens with zero attached hydrogens (tertiary/aromatic N) is 1. The predicted molar refractivity (Wildman–Crippen MR) is 85.4 cm³/mol. The van der Waals surface area contributed by atoms with Crippen LogP contribution in [0.3, 0.4) is 0 Å². The van der Waals surface area contributed by atoms with Crippen LogP contribution in [0.2, 0.25) is 5.02 Å². The molecule has 1 heterocycles. The van der Waals surface area contributed by atoms with E-state index in [2.05, 4.69) is 15.3 Å². The first kappa shape index (κ1) is 18.3. The Kier molecular flexibility index (Phi) is 5.55. The predicted octanol–water partition coefficient (Wildman–Crippen LogP) is 3.48. The van der Waals surface area contributed by atoms with Crippen molar-refractivity contribution in [3.63, 3.8) is 0 Å². The first-order chi connectivity index (χ1) is 11.1. The van der Waals surface area contributed by atoms with Crippen molar-refractivity contribution in [1.29, 1.82) is 0 Å². The quantitative estimate of drug-likeness (QED) is 0.632. The zero-order valence-corrected chi connectivity index (χ0v) is 13.8. The second-order valence-electron chi connectivity index (χ2n) is 4.72. The molecule has 2 rings (SSSR count). The number of anilines is 1. The molecule has 0 bridgehead atoms. The number of alkyl halides is 3. The lowest BCUT2D eigenvalue weighted by Crippen LogP contribution is -2.18. The number of hydrogen-bond acceptors (Lipinski definition) is 4. The monoisotopic (exact) mass is 377 g/mol. The number of H-pyrrole nitrogens is 1. The molecule has 0 aliphatic carbocycles. The van der Waals surface area contributed by atoms with Crippen LogP contribution in [0.1, 0.15) is 11.3 Å². The van der Waals surface area contributed by atoms with E-state index in [1.807, 2.05) is 0 Å². The van der Waals surface area contributed by atoms with E-state index in [1.54, 1.807) is 6.92 Å². The van der Waals surface area contributed by atoms with Crippen LogP contribution in [-0.4, -0.2) is 21.6 Å². The van der Waals surface area contributed by atoms with Gasteiger partial charge in [-0.3, -0.25) is 9.59 Å². The van der Waals surface area contributed by atoms with Crippen molar-refractivity contribution in [3.05, 3.63) is 50.9 Å². The largest absolute Gasteiger partial charge is 0.418 e. The van der Waals surface area contributed by atoms with Crippen molar-refractivity contribution < 1.29 is 18.0 Å². The Balaban J connectivity index is 2.09. The van der Waals surface area contributed by atoms with E-state index in [4.69, 9.17) is 11.6 Å². The highest BCUT2D eigenvalue weighted by Gasteiger charge is 2.34. The van der Waals surface area contributed by atoms with Crippen molar-refractivity contribution in [1.82, 2.24) is 9.97 Å². The number of aryl methyl sites for hydroxylation is 1. The third kappa shape index (κ3) is 5.00. The molecule has 1 amide bonds. The maximum absolute atomic E-state index is 13.0. The first-order valence-electron chi connectivity index (χ1n) is 6.52. The molecular weight excluding hydrogens is 367 g/mol. The molecule has 0 spiro atoms. The molecule has 0 aliphatic rings. The van der Waals surface area contributed by atoms with E-state index in [0.29, 0.717) is 5.69 Å². The van der Waals surface area contributed by atoms with Crippen molar-refractivity contribution in [2.24, 2.45) is 0 Å². The Bertz CT molecular complexity index is 824. The normalized spacial score (nSPS) is 11.4. The minimum atomic E-state index is -4.65. The van der Waals surface area contributed by atoms with Crippen LogP contribution >= 0.6 is 23.4 Å². The first-order valence-corrected chi connectivity index (χ1v) is 7.89.